The van der Waals surface area contributed by atoms with Crippen molar-refractivity contribution in [3.8, 4) is 6.07 Å². The number of nitriles is 1. The Morgan fingerprint density at radius 2 is 2.06 bits per heavy atom. The normalized spacial score (nSPS) is 11.4. The van der Waals surface area contributed by atoms with Crippen LogP contribution in [0.5, 0.6) is 0 Å². The standard InChI is InChI=1S/C11H8F3NO/c1-16-5-4-8-6-10(11(12,13)14)3-2-9(8)7-15/h2-6H,1H3. The molecule has 0 aliphatic rings. The number of hydrogen-bond acceptors (Lipinski definition) is 2. The Kier molecular flexibility index (Phi) is 3.56. The minimum absolute atomic E-state index is 0.168. The largest absolute Gasteiger partial charge is 0.504 e. The van der Waals surface area contributed by atoms with Gasteiger partial charge in [-0.05, 0) is 29.8 Å². The second kappa shape index (κ2) is 4.71. The molecule has 2 nitrogen and oxygen atoms in total. The fraction of sp³-hybridized carbons (Fsp3) is 0.182. The molecule has 16 heavy (non-hydrogen) atoms. The lowest BCUT2D eigenvalue weighted by Crippen LogP contribution is -2.05. The Morgan fingerprint density at radius 1 is 1.38 bits per heavy atom. The van der Waals surface area contributed by atoms with E-state index in [0.717, 1.165) is 18.2 Å². The van der Waals surface area contributed by atoms with Gasteiger partial charge in [0.1, 0.15) is 0 Å². The van der Waals surface area contributed by atoms with E-state index in [2.05, 4.69) is 4.74 Å². The van der Waals surface area contributed by atoms with Crippen LogP contribution < -0.4 is 0 Å². The van der Waals surface area contributed by atoms with Gasteiger partial charge >= 0.3 is 6.18 Å². The van der Waals surface area contributed by atoms with Crippen molar-refractivity contribution in [2.24, 2.45) is 0 Å². The second-order valence-electron chi connectivity index (χ2n) is 2.95. The van der Waals surface area contributed by atoms with Crippen LogP contribution in [0.1, 0.15) is 16.7 Å². The smallest absolute Gasteiger partial charge is 0.416 e. The van der Waals surface area contributed by atoms with E-state index in [1.54, 1.807) is 0 Å². The predicted octanol–water partition coefficient (Wildman–Crippen LogP) is 3.19. The predicted molar refractivity (Wildman–Crippen MR) is 52.2 cm³/mol. The van der Waals surface area contributed by atoms with Gasteiger partial charge < -0.3 is 4.74 Å². The van der Waals surface area contributed by atoms with Crippen LogP contribution in [0, 0.1) is 11.3 Å². The summed E-state index contributed by atoms with van der Waals surface area (Å²) in [4.78, 5) is 0. The van der Waals surface area contributed by atoms with Crippen molar-refractivity contribution < 1.29 is 17.9 Å². The maximum atomic E-state index is 12.4. The highest BCUT2D eigenvalue weighted by atomic mass is 19.4. The van der Waals surface area contributed by atoms with Crippen LogP contribution >= 0.6 is 0 Å². The highest BCUT2D eigenvalue weighted by molar-refractivity contribution is 5.58. The van der Waals surface area contributed by atoms with Gasteiger partial charge in [-0.2, -0.15) is 18.4 Å². The van der Waals surface area contributed by atoms with E-state index in [4.69, 9.17) is 5.26 Å². The number of nitrogens with zero attached hydrogens (tertiary/aromatic N) is 1. The number of benzene rings is 1. The Labute approximate surface area is 90.6 Å². The van der Waals surface area contributed by atoms with Gasteiger partial charge in [0.05, 0.1) is 30.6 Å². The van der Waals surface area contributed by atoms with Crippen molar-refractivity contribution in [3.63, 3.8) is 0 Å². The summed E-state index contributed by atoms with van der Waals surface area (Å²) in [5.41, 5.74) is -0.442. The summed E-state index contributed by atoms with van der Waals surface area (Å²) in [7, 11) is 1.37. The monoisotopic (exact) mass is 227 g/mol. The van der Waals surface area contributed by atoms with E-state index < -0.39 is 11.7 Å². The maximum absolute atomic E-state index is 12.4. The highest BCUT2D eigenvalue weighted by Gasteiger charge is 2.30. The molecule has 0 bridgehead atoms. The molecule has 5 heteroatoms. The van der Waals surface area contributed by atoms with Gasteiger partial charge in [0, 0.05) is 0 Å². The first kappa shape index (κ1) is 12.1. The molecule has 0 saturated heterocycles. The molecule has 1 aromatic rings. The van der Waals surface area contributed by atoms with Crippen LogP contribution in [-0.2, 0) is 10.9 Å². The van der Waals surface area contributed by atoms with E-state index in [1.165, 1.54) is 19.4 Å². The Hall–Kier alpha value is -1.96. The molecule has 0 fully saturated rings. The number of hydrogen-bond donors (Lipinski definition) is 0. The number of halogens is 3. The van der Waals surface area contributed by atoms with Gasteiger partial charge in [0.25, 0.3) is 0 Å². The number of alkyl halides is 3. The quantitative estimate of drug-likeness (QED) is 0.727. The molecule has 0 heterocycles. The zero-order valence-corrected chi connectivity index (χ0v) is 8.38. The molecule has 0 N–H and O–H groups in total. The Morgan fingerprint density at radius 3 is 2.56 bits per heavy atom. The zero-order chi connectivity index (χ0) is 12.2. The van der Waals surface area contributed by atoms with Gasteiger partial charge in [-0.3, -0.25) is 0 Å². The van der Waals surface area contributed by atoms with Crippen molar-refractivity contribution in [1.82, 2.24) is 0 Å². The molecule has 1 aromatic carbocycles. The lowest BCUT2D eigenvalue weighted by atomic mass is 10.0. The van der Waals surface area contributed by atoms with Crippen LogP contribution in [-0.4, -0.2) is 7.11 Å². The van der Waals surface area contributed by atoms with E-state index >= 15 is 0 Å². The van der Waals surface area contributed by atoms with Crippen molar-refractivity contribution in [1.29, 1.82) is 5.26 Å². The second-order valence-corrected chi connectivity index (χ2v) is 2.95. The number of rotatable bonds is 2. The lowest BCUT2D eigenvalue weighted by molar-refractivity contribution is -0.137. The zero-order valence-electron chi connectivity index (χ0n) is 8.38. The van der Waals surface area contributed by atoms with Crippen molar-refractivity contribution >= 4 is 6.08 Å². The van der Waals surface area contributed by atoms with Gasteiger partial charge in [0.2, 0.25) is 0 Å². The van der Waals surface area contributed by atoms with Gasteiger partial charge in [-0.25, -0.2) is 0 Å². The van der Waals surface area contributed by atoms with E-state index in [9.17, 15) is 13.2 Å². The van der Waals surface area contributed by atoms with Crippen molar-refractivity contribution in [2.75, 3.05) is 7.11 Å². The van der Waals surface area contributed by atoms with Gasteiger partial charge in [-0.15, -0.1) is 0 Å². The van der Waals surface area contributed by atoms with Crippen LogP contribution in [0.4, 0.5) is 13.2 Å². The first-order chi connectivity index (χ1) is 7.49. The third kappa shape index (κ3) is 2.76. The van der Waals surface area contributed by atoms with Gasteiger partial charge in [0.15, 0.2) is 0 Å². The third-order valence-electron chi connectivity index (χ3n) is 1.88. The van der Waals surface area contributed by atoms with E-state index in [1.807, 2.05) is 6.07 Å². The van der Waals surface area contributed by atoms with E-state index in [-0.39, 0.29) is 11.1 Å². The molecule has 0 aromatic heterocycles. The molecule has 0 atom stereocenters. The average Bonchev–Trinajstić information content (AvgIpc) is 2.24. The summed E-state index contributed by atoms with van der Waals surface area (Å²) in [6.45, 7) is 0. The molecule has 0 unspecified atom stereocenters. The lowest BCUT2D eigenvalue weighted by Gasteiger charge is -2.07. The van der Waals surface area contributed by atoms with Crippen LogP contribution in [0.2, 0.25) is 0 Å². The third-order valence-corrected chi connectivity index (χ3v) is 1.88. The first-order valence-corrected chi connectivity index (χ1v) is 4.29. The molecule has 0 radical (unpaired) electrons. The Balaban J connectivity index is 3.23. The fourth-order valence-corrected chi connectivity index (χ4v) is 1.12. The number of ether oxygens (including phenoxy) is 1. The van der Waals surface area contributed by atoms with Gasteiger partial charge in [-0.1, -0.05) is 0 Å². The minimum Gasteiger partial charge on any atom is -0.504 e. The molecule has 1 rings (SSSR count). The molecule has 0 aliphatic heterocycles. The molecule has 84 valence electrons. The fourth-order valence-electron chi connectivity index (χ4n) is 1.12. The molecule has 0 amide bonds. The van der Waals surface area contributed by atoms with Crippen LogP contribution in [0.15, 0.2) is 24.5 Å². The van der Waals surface area contributed by atoms with Crippen molar-refractivity contribution in [2.45, 2.75) is 6.18 Å². The maximum Gasteiger partial charge on any atom is 0.416 e. The van der Waals surface area contributed by atoms with Crippen molar-refractivity contribution in [3.05, 3.63) is 41.2 Å². The molecular weight excluding hydrogens is 219 g/mol. The number of methoxy groups -OCH3 is 1. The molecular formula is C11H8F3NO. The molecule has 0 spiro atoms. The van der Waals surface area contributed by atoms with Crippen LogP contribution in [0.3, 0.4) is 0 Å². The summed E-state index contributed by atoms with van der Waals surface area (Å²) in [6.07, 6.45) is -1.88. The summed E-state index contributed by atoms with van der Waals surface area (Å²) in [6, 6.07) is 4.73. The first-order valence-electron chi connectivity index (χ1n) is 4.29. The topological polar surface area (TPSA) is 33.0 Å². The molecule has 0 saturated carbocycles. The summed E-state index contributed by atoms with van der Waals surface area (Å²) in [5, 5.41) is 8.71. The summed E-state index contributed by atoms with van der Waals surface area (Å²) in [5.74, 6) is 0. The van der Waals surface area contributed by atoms with E-state index in [0.29, 0.717) is 0 Å². The summed E-state index contributed by atoms with van der Waals surface area (Å²) >= 11 is 0. The molecule has 0 aliphatic carbocycles. The van der Waals surface area contributed by atoms with Crippen LogP contribution in [0.25, 0.3) is 6.08 Å². The SMILES string of the molecule is COC=Cc1cc(C(F)(F)F)ccc1C#N. The highest BCUT2D eigenvalue weighted by Crippen LogP contribution is 2.30. The minimum atomic E-state index is -4.41. The average molecular weight is 227 g/mol. The Bertz CT molecular complexity index is 444. The summed E-state index contributed by atoms with van der Waals surface area (Å²) < 4.78 is 41.8.